The molecule has 0 saturated carbocycles. The van der Waals surface area contributed by atoms with Crippen LogP contribution in [0, 0.1) is 0 Å². The van der Waals surface area contributed by atoms with Gasteiger partial charge in [0.2, 0.25) is 11.8 Å². The van der Waals surface area contributed by atoms with Crippen molar-refractivity contribution in [1.82, 2.24) is 5.32 Å². The van der Waals surface area contributed by atoms with Crippen LogP contribution >= 0.6 is 11.8 Å². The molecule has 0 aromatic rings. The summed E-state index contributed by atoms with van der Waals surface area (Å²) in [6.07, 6.45) is 0.205. The lowest BCUT2D eigenvalue weighted by Crippen LogP contribution is -2.41. The predicted molar refractivity (Wildman–Crippen MR) is 56.4 cm³/mol. The van der Waals surface area contributed by atoms with E-state index in [9.17, 15) is 14.4 Å². The highest BCUT2D eigenvalue weighted by Crippen LogP contribution is 2.05. The number of nitrogens with two attached hydrogens (primary N) is 1. The quantitative estimate of drug-likeness (QED) is 0.499. The van der Waals surface area contributed by atoms with Crippen LogP contribution in [0.5, 0.6) is 0 Å². The van der Waals surface area contributed by atoms with Gasteiger partial charge in [-0.25, -0.2) is 4.79 Å². The van der Waals surface area contributed by atoms with Crippen LogP contribution in [0.4, 0.5) is 0 Å². The highest BCUT2D eigenvalue weighted by atomic mass is 32.2. The Kier molecular flexibility index (Phi) is 6.52. The predicted octanol–water partition coefficient (Wildman–Crippen LogP) is -0.816. The van der Waals surface area contributed by atoms with Crippen molar-refractivity contribution in [1.29, 1.82) is 0 Å². The van der Waals surface area contributed by atoms with Crippen molar-refractivity contribution in [2.24, 2.45) is 5.73 Å². The number of aliphatic carboxylic acids is 1. The molecule has 2 amide bonds. The van der Waals surface area contributed by atoms with Crippen molar-refractivity contribution in [2.75, 3.05) is 11.5 Å². The Morgan fingerprint density at radius 2 is 2.07 bits per heavy atom. The molecule has 0 aliphatic carbocycles. The van der Waals surface area contributed by atoms with E-state index in [0.717, 1.165) is 0 Å². The lowest BCUT2D eigenvalue weighted by Gasteiger charge is -2.12. The van der Waals surface area contributed by atoms with Crippen LogP contribution in [-0.2, 0) is 14.4 Å². The van der Waals surface area contributed by atoms with Crippen LogP contribution in [0.3, 0.4) is 0 Å². The maximum atomic E-state index is 10.6. The molecule has 0 saturated heterocycles. The standard InChI is InChI=1S/C8H14N2O4S/c1-5(11)10-6(8(13)14)4-15-3-2-7(9)12/h6H,2-4H2,1H3,(H2,9,12)(H,10,11)(H,13,14)/t6-/m1/s1. The van der Waals surface area contributed by atoms with Crippen molar-refractivity contribution >= 4 is 29.5 Å². The first-order valence-corrected chi connectivity index (χ1v) is 5.45. The SMILES string of the molecule is CC(=O)N[C@H](CSCCC(N)=O)C(=O)O. The van der Waals surface area contributed by atoms with Crippen LogP contribution < -0.4 is 11.1 Å². The summed E-state index contributed by atoms with van der Waals surface area (Å²) in [5, 5.41) is 11.0. The second-order valence-electron chi connectivity index (χ2n) is 2.88. The van der Waals surface area contributed by atoms with Crippen molar-refractivity contribution in [2.45, 2.75) is 19.4 Å². The smallest absolute Gasteiger partial charge is 0.327 e. The number of nitrogens with one attached hydrogen (secondary N) is 1. The molecule has 7 heteroatoms. The van der Waals surface area contributed by atoms with E-state index in [-0.39, 0.29) is 12.2 Å². The molecule has 0 heterocycles. The van der Waals surface area contributed by atoms with E-state index in [1.165, 1.54) is 18.7 Å². The van der Waals surface area contributed by atoms with Gasteiger partial charge in [0.25, 0.3) is 0 Å². The van der Waals surface area contributed by atoms with Gasteiger partial charge >= 0.3 is 5.97 Å². The van der Waals surface area contributed by atoms with Gasteiger partial charge in [-0.1, -0.05) is 0 Å². The van der Waals surface area contributed by atoms with E-state index < -0.39 is 23.8 Å². The monoisotopic (exact) mass is 234 g/mol. The first-order valence-electron chi connectivity index (χ1n) is 4.29. The molecule has 4 N–H and O–H groups in total. The Balaban J connectivity index is 3.81. The first-order chi connectivity index (χ1) is 6.93. The van der Waals surface area contributed by atoms with E-state index >= 15 is 0 Å². The zero-order valence-electron chi connectivity index (χ0n) is 8.36. The zero-order valence-corrected chi connectivity index (χ0v) is 9.17. The number of carboxylic acid groups (broad SMARTS) is 1. The van der Waals surface area contributed by atoms with Gasteiger partial charge in [-0.15, -0.1) is 0 Å². The number of thioether (sulfide) groups is 1. The fourth-order valence-corrected chi connectivity index (χ4v) is 1.77. The van der Waals surface area contributed by atoms with Crippen LogP contribution in [0.25, 0.3) is 0 Å². The Labute approximate surface area is 91.6 Å². The summed E-state index contributed by atoms with van der Waals surface area (Å²) < 4.78 is 0. The minimum Gasteiger partial charge on any atom is -0.480 e. The van der Waals surface area contributed by atoms with Gasteiger partial charge in [-0.2, -0.15) is 11.8 Å². The van der Waals surface area contributed by atoms with E-state index in [4.69, 9.17) is 10.8 Å². The average molecular weight is 234 g/mol. The molecule has 0 aromatic heterocycles. The molecule has 0 aromatic carbocycles. The van der Waals surface area contributed by atoms with Gasteiger partial charge in [0, 0.05) is 24.9 Å². The minimum absolute atomic E-state index is 0.205. The number of hydrogen-bond donors (Lipinski definition) is 3. The van der Waals surface area contributed by atoms with Gasteiger partial charge in [0.15, 0.2) is 0 Å². The molecular weight excluding hydrogens is 220 g/mol. The van der Waals surface area contributed by atoms with Crippen molar-refractivity contribution in [3.05, 3.63) is 0 Å². The zero-order chi connectivity index (χ0) is 11.8. The van der Waals surface area contributed by atoms with E-state index in [0.29, 0.717) is 5.75 Å². The number of primary amides is 1. The molecule has 6 nitrogen and oxygen atoms in total. The number of carbonyl (C=O) groups is 3. The van der Waals surface area contributed by atoms with Gasteiger partial charge in [-0.05, 0) is 0 Å². The summed E-state index contributed by atoms with van der Waals surface area (Å²) in [4.78, 5) is 31.7. The molecule has 0 fully saturated rings. The summed E-state index contributed by atoms with van der Waals surface area (Å²) >= 11 is 1.26. The fraction of sp³-hybridized carbons (Fsp3) is 0.625. The summed E-state index contributed by atoms with van der Waals surface area (Å²) in [5.41, 5.74) is 4.91. The molecule has 86 valence electrons. The summed E-state index contributed by atoms with van der Waals surface area (Å²) in [6, 6.07) is -0.916. The normalized spacial score (nSPS) is 11.8. The number of hydrogen-bond acceptors (Lipinski definition) is 4. The van der Waals surface area contributed by atoms with E-state index in [2.05, 4.69) is 5.32 Å². The molecule has 0 radical (unpaired) electrons. The van der Waals surface area contributed by atoms with E-state index in [1.54, 1.807) is 0 Å². The third kappa shape index (κ3) is 7.80. The Bertz CT molecular complexity index is 257. The highest BCUT2D eigenvalue weighted by Gasteiger charge is 2.17. The molecule has 0 spiro atoms. The van der Waals surface area contributed by atoms with Gasteiger partial charge in [0.05, 0.1) is 0 Å². The molecule has 0 rings (SSSR count). The third-order valence-corrected chi connectivity index (χ3v) is 2.51. The van der Waals surface area contributed by atoms with Crippen LogP contribution in [0.15, 0.2) is 0 Å². The topological polar surface area (TPSA) is 109 Å². The van der Waals surface area contributed by atoms with Crippen molar-refractivity contribution in [3.8, 4) is 0 Å². The molecule has 15 heavy (non-hydrogen) atoms. The lowest BCUT2D eigenvalue weighted by molar-refractivity contribution is -0.140. The number of carbonyl (C=O) groups excluding carboxylic acids is 2. The average Bonchev–Trinajstić information content (AvgIpc) is 2.08. The molecular formula is C8H14N2O4S. The lowest BCUT2D eigenvalue weighted by atomic mass is 10.3. The summed E-state index contributed by atoms with van der Waals surface area (Å²) in [5.74, 6) is -1.22. The van der Waals surface area contributed by atoms with Crippen LogP contribution in [0.1, 0.15) is 13.3 Å². The fourth-order valence-electron chi connectivity index (χ4n) is 0.794. The third-order valence-electron chi connectivity index (χ3n) is 1.45. The van der Waals surface area contributed by atoms with Gasteiger partial charge in [0.1, 0.15) is 6.04 Å². The van der Waals surface area contributed by atoms with Gasteiger partial charge in [-0.3, -0.25) is 9.59 Å². The number of carboxylic acids is 1. The molecule has 0 aliphatic rings. The highest BCUT2D eigenvalue weighted by molar-refractivity contribution is 7.99. The maximum absolute atomic E-state index is 10.6. The Morgan fingerprint density at radius 1 is 1.47 bits per heavy atom. The summed E-state index contributed by atoms with van der Waals surface area (Å²) in [6.45, 7) is 1.25. The molecule has 0 bridgehead atoms. The largest absolute Gasteiger partial charge is 0.480 e. The molecule has 0 unspecified atom stereocenters. The maximum Gasteiger partial charge on any atom is 0.327 e. The summed E-state index contributed by atoms with van der Waals surface area (Å²) in [7, 11) is 0. The molecule has 0 aliphatic heterocycles. The van der Waals surface area contributed by atoms with Crippen LogP contribution in [-0.4, -0.2) is 40.4 Å². The second-order valence-corrected chi connectivity index (χ2v) is 4.03. The number of amides is 2. The number of rotatable bonds is 7. The minimum atomic E-state index is -1.09. The second kappa shape index (κ2) is 7.10. The Morgan fingerprint density at radius 3 is 2.47 bits per heavy atom. The van der Waals surface area contributed by atoms with Gasteiger partial charge < -0.3 is 16.2 Å². The van der Waals surface area contributed by atoms with E-state index in [1.807, 2.05) is 0 Å². The first kappa shape index (κ1) is 13.8. The Hall–Kier alpha value is -1.24. The van der Waals surface area contributed by atoms with Crippen molar-refractivity contribution in [3.63, 3.8) is 0 Å². The van der Waals surface area contributed by atoms with Crippen LogP contribution in [0.2, 0.25) is 0 Å². The van der Waals surface area contributed by atoms with Crippen molar-refractivity contribution < 1.29 is 19.5 Å². The molecule has 1 atom stereocenters.